The van der Waals surface area contributed by atoms with Crippen LogP contribution in [0.1, 0.15) is 12.8 Å². The highest BCUT2D eigenvalue weighted by molar-refractivity contribution is 5.72. The molecule has 0 aliphatic heterocycles. The Morgan fingerprint density at radius 2 is 2.11 bits per heavy atom. The van der Waals surface area contributed by atoms with E-state index in [2.05, 4.69) is 15.5 Å². The first-order chi connectivity index (χ1) is 8.65. The molecule has 0 radical (unpaired) electrons. The van der Waals surface area contributed by atoms with Gasteiger partial charge in [-0.05, 0) is 24.3 Å². The van der Waals surface area contributed by atoms with Crippen molar-refractivity contribution in [2.24, 2.45) is 0 Å². The molecule has 0 fully saturated rings. The van der Waals surface area contributed by atoms with E-state index in [9.17, 15) is 9.18 Å². The topological polar surface area (TPSA) is 68.0 Å². The zero-order chi connectivity index (χ0) is 13.0. The number of hydrogen-bond acceptors (Lipinski definition) is 4. The summed E-state index contributed by atoms with van der Waals surface area (Å²) in [7, 11) is 0. The van der Waals surface area contributed by atoms with Gasteiger partial charge in [-0.15, -0.1) is 0 Å². The van der Waals surface area contributed by atoms with Gasteiger partial charge in [0.05, 0.1) is 0 Å². The van der Waals surface area contributed by atoms with Crippen LogP contribution in [0, 0.1) is 5.82 Å². The highest BCUT2D eigenvalue weighted by Gasteiger charge is 2.08. The van der Waals surface area contributed by atoms with Crippen LogP contribution in [-0.4, -0.2) is 22.6 Å². The first-order valence-corrected chi connectivity index (χ1v) is 5.48. The first kappa shape index (κ1) is 12.2. The lowest BCUT2D eigenvalue weighted by Crippen LogP contribution is -2.22. The van der Waals surface area contributed by atoms with E-state index < -0.39 is 0 Å². The summed E-state index contributed by atoms with van der Waals surface area (Å²) in [4.78, 5) is 14.8. The van der Waals surface area contributed by atoms with E-state index >= 15 is 0 Å². The van der Waals surface area contributed by atoms with Crippen molar-refractivity contribution in [3.63, 3.8) is 0 Å². The van der Waals surface area contributed by atoms with Crippen LogP contribution in [0.25, 0.3) is 11.4 Å². The Kier molecular flexibility index (Phi) is 3.66. The molecule has 0 bridgehead atoms. The molecule has 0 atom stereocenters. The van der Waals surface area contributed by atoms with Gasteiger partial charge in [0, 0.05) is 25.5 Å². The molecule has 0 aliphatic carbocycles. The van der Waals surface area contributed by atoms with E-state index in [1.54, 1.807) is 12.1 Å². The number of aromatic nitrogens is 2. The van der Waals surface area contributed by atoms with Crippen molar-refractivity contribution in [3.8, 4) is 11.4 Å². The third kappa shape index (κ3) is 3.13. The zero-order valence-electron chi connectivity index (χ0n) is 9.81. The smallest absolute Gasteiger partial charge is 0.228 e. The fraction of sp³-hybridized carbons (Fsp3) is 0.250. The average molecular weight is 249 g/mol. The molecule has 2 aromatic rings. The van der Waals surface area contributed by atoms with Crippen LogP contribution < -0.4 is 5.32 Å². The third-order valence-corrected chi connectivity index (χ3v) is 2.28. The molecular weight excluding hydrogens is 237 g/mol. The molecule has 0 unspecified atom stereocenters. The summed E-state index contributed by atoms with van der Waals surface area (Å²) >= 11 is 0. The molecule has 2 rings (SSSR count). The number of nitrogens with one attached hydrogen (secondary N) is 1. The second-order valence-corrected chi connectivity index (χ2v) is 3.75. The summed E-state index contributed by atoms with van der Waals surface area (Å²) in [5, 5.41) is 6.43. The van der Waals surface area contributed by atoms with E-state index in [0.717, 1.165) is 0 Å². The van der Waals surface area contributed by atoms with E-state index in [1.807, 2.05) is 0 Å². The largest absolute Gasteiger partial charge is 0.356 e. The summed E-state index contributed by atoms with van der Waals surface area (Å²) in [5.41, 5.74) is 0.686. The van der Waals surface area contributed by atoms with E-state index in [-0.39, 0.29) is 11.7 Å². The molecule has 94 valence electrons. The number of carbonyl (C=O) groups is 1. The van der Waals surface area contributed by atoms with Crippen LogP contribution in [0.2, 0.25) is 0 Å². The summed E-state index contributed by atoms with van der Waals surface area (Å²) < 4.78 is 17.8. The van der Waals surface area contributed by atoms with E-state index in [1.165, 1.54) is 19.1 Å². The maximum Gasteiger partial charge on any atom is 0.228 e. The fourth-order valence-corrected chi connectivity index (χ4v) is 1.42. The molecule has 5 nitrogen and oxygen atoms in total. The molecule has 0 saturated heterocycles. The monoisotopic (exact) mass is 249 g/mol. The normalized spacial score (nSPS) is 10.3. The van der Waals surface area contributed by atoms with Crippen molar-refractivity contribution in [2.75, 3.05) is 6.54 Å². The predicted molar refractivity (Wildman–Crippen MR) is 62.1 cm³/mol. The number of benzene rings is 1. The van der Waals surface area contributed by atoms with Crippen molar-refractivity contribution in [1.29, 1.82) is 0 Å². The summed E-state index contributed by atoms with van der Waals surface area (Å²) in [6, 6.07) is 5.83. The van der Waals surface area contributed by atoms with Crippen molar-refractivity contribution in [2.45, 2.75) is 13.3 Å². The minimum Gasteiger partial charge on any atom is -0.356 e. The Labute approximate surface area is 103 Å². The molecule has 0 saturated carbocycles. The molecule has 1 heterocycles. The summed E-state index contributed by atoms with van der Waals surface area (Å²) in [5.74, 6) is 0.428. The summed E-state index contributed by atoms with van der Waals surface area (Å²) in [6.07, 6.45) is 0.466. The maximum absolute atomic E-state index is 12.7. The van der Waals surface area contributed by atoms with E-state index in [0.29, 0.717) is 30.2 Å². The van der Waals surface area contributed by atoms with Gasteiger partial charge in [-0.2, -0.15) is 4.98 Å². The number of hydrogen-bond donors (Lipinski definition) is 1. The molecule has 1 aromatic heterocycles. The Balaban J connectivity index is 2.01. The number of rotatable bonds is 4. The maximum atomic E-state index is 12.7. The van der Waals surface area contributed by atoms with Crippen LogP contribution in [0.5, 0.6) is 0 Å². The molecule has 18 heavy (non-hydrogen) atoms. The predicted octanol–water partition coefficient (Wildman–Crippen LogP) is 1.55. The highest BCUT2D eigenvalue weighted by Crippen LogP contribution is 2.15. The molecule has 1 N–H and O–H groups in total. The number of amides is 1. The van der Waals surface area contributed by atoms with Crippen molar-refractivity contribution in [3.05, 3.63) is 36.0 Å². The lowest BCUT2D eigenvalue weighted by molar-refractivity contribution is -0.118. The van der Waals surface area contributed by atoms with Gasteiger partial charge in [0.1, 0.15) is 5.82 Å². The minimum absolute atomic E-state index is 0.103. The van der Waals surface area contributed by atoms with Gasteiger partial charge >= 0.3 is 0 Å². The SMILES string of the molecule is CC(=O)NCCc1nc(-c2ccc(F)cc2)no1. The van der Waals surface area contributed by atoms with Crippen LogP contribution in [0.3, 0.4) is 0 Å². The van der Waals surface area contributed by atoms with E-state index in [4.69, 9.17) is 4.52 Å². The van der Waals surface area contributed by atoms with Crippen molar-refractivity contribution >= 4 is 5.91 Å². The third-order valence-electron chi connectivity index (χ3n) is 2.28. The van der Waals surface area contributed by atoms with Gasteiger partial charge < -0.3 is 9.84 Å². The Morgan fingerprint density at radius 1 is 1.39 bits per heavy atom. The Hall–Kier alpha value is -2.24. The second kappa shape index (κ2) is 5.39. The molecule has 1 aromatic carbocycles. The van der Waals surface area contributed by atoms with Crippen LogP contribution in [-0.2, 0) is 11.2 Å². The molecule has 0 spiro atoms. The minimum atomic E-state index is -0.312. The number of halogens is 1. The summed E-state index contributed by atoms with van der Waals surface area (Å²) in [6.45, 7) is 1.89. The lowest BCUT2D eigenvalue weighted by atomic mass is 10.2. The first-order valence-electron chi connectivity index (χ1n) is 5.48. The molecule has 0 aliphatic rings. The van der Waals surface area contributed by atoms with Crippen molar-refractivity contribution < 1.29 is 13.7 Å². The quantitative estimate of drug-likeness (QED) is 0.892. The van der Waals surface area contributed by atoms with Gasteiger partial charge in [0.15, 0.2) is 0 Å². The van der Waals surface area contributed by atoms with Gasteiger partial charge in [-0.3, -0.25) is 4.79 Å². The van der Waals surface area contributed by atoms with Gasteiger partial charge in [-0.1, -0.05) is 5.16 Å². The average Bonchev–Trinajstić information content (AvgIpc) is 2.78. The molecule has 6 heteroatoms. The van der Waals surface area contributed by atoms with Gasteiger partial charge in [-0.25, -0.2) is 4.39 Å². The van der Waals surface area contributed by atoms with Gasteiger partial charge in [0.25, 0.3) is 0 Å². The second-order valence-electron chi connectivity index (χ2n) is 3.75. The highest BCUT2D eigenvalue weighted by atomic mass is 19.1. The van der Waals surface area contributed by atoms with Crippen LogP contribution in [0.15, 0.2) is 28.8 Å². The Morgan fingerprint density at radius 3 is 2.78 bits per heavy atom. The van der Waals surface area contributed by atoms with Gasteiger partial charge in [0.2, 0.25) is 17.6 Å². The van der Waals surface area contributed by atoms with Crippen LogP contribution in [0.4, 0.5) is 4.39 Å². The fourth-order valence-electron chi connectivity index (χ4n) is 1.42. The van der Waals surface area contributed by atoms with Crippen molar-refractivity contribution in [1.82, 2.24) is 15.5 Å². The number of carbonyl (C=O) groups excluding carboxylic acids is 1. The molecule has 1 amide bonds. The Bertz CT molecular complexity index is 537. The standard InChI is InChI=1S/C12H12FN3O2/c1-8(17)14-7-6-11-15-12(16-18-11)9-2-4-10(13)5-3-9/h2-5H,6-7H2,1H3,(H,14,17). The number of nitrogens with zero attached hydrogens (tertiary/aromatic N) is 2. The lowest BCUT2D eigenvalue weighted by Gasteiger charge is -1.96. The van der Waals surface area contributed by atoms with Crippen LogP contribution >= 0.6 is 0 Å². The zero-order valence-corrected chi connectivity index (χ0v) is 9.81. The molecular formula is C12H12FN3O2.